The van der Waals surface area contributed by atoms with Gasteiger partial charge < -0.3 is 20.5 Å². The van der Waals surface area contributed by atoms with Gasteiger partial charge in [-0.25, -0.2) is 0 Å². The van der Waals surface area contributed by atoms with Crippen LogP contribution in [0.25, 0.3) is 0 Å². The van der Waals surface area contributed by atoms with E-state index in [4.69, 9.17) is 15.2 Å². The number of ether oxygens (including phenoxy) is 2. The molecule has 0 aliphatic rings. The number of para-hydroxylation sites is 1. The third-order valence-corrected chi connectivity index (χ3v) is 3.03. The van der Waals surface area contributed by atoms with Crippen molar-refractivity contribution in [2.45, 2.75) is 6.61 Å². The maximum absolute atomic E-state index is 12.3. The molecule has 1 amide bonds. The number of hydrogen-bond donors (Lipinski definition) is 2. The molecule has 0 heterocycles. The zero-order chi connectivity index (χ0) is 15.2. The lowest BCUT2D eigenvalue weighted by molar-refractivity contribution is 0.102. The van der Waals surface area contributed by atoms with E-state index in [1.165, 1.54) is 7.11 Å². The van der Waals surface area contributed by atoms with Gasteiger partial charge in [0.25, 0.3) is 5.91 Å². The van der Waals surface area contributed by atoms with Crippen LogP contribution >= 0.6 is 0 Å². The average molecular weight is 286 g/mol. The van der Waals surface area contributed by atoms with E-state index in [9.17, 15) is 4.79 Å². The zero-order valence-corrected chi connectivity index (χ0v) is 12.1. The summed E-state index contributed by atoms with van der Waals surface area (Å²) in [5.74, 6) is 0.205. The fourth-order valence-corrected chi connectivity index (χ4v) is 2.02. The molecule has 0 radical (unpaired) electrons. The van der Waals surface area contributed by atoms with E-state index in [2.05, 4.69) is 5.32 Å². The van der Waals surface area contributed by atoms with Gasteiger partial charge in [-0.1, -0.05) is 18.2 Å². The molecule has 5 heteroatoms. The van der Waals surface area contributed by atoms with Gasteiger partial charge in [-0.3, -0.25) is 4.79 Å². The van der Waals surface area contributed by atoms with Gasteiger partial charge in [0.1, 0.15) is 5.75 Å². The highest BCUT2D eigenvalue weighted by atomic mass is 16.5. The van der Waals surface area contributed by atoms with Crippen LogP contribution in [0.5, 0.6) is 5.75 Å². The first-order chi connectivity index (χ1) is 10.2. The minimum atomic E-state index is -0.277. The van der Waals surface area contributed by atoms with Crippen LogP contribution in [0.1, 0.15) is 15.9 Å². The highest BCUT2D eigenvalue weighted by Crippen LogP contribution is 2.25. The Hall–Kier alpha value is -2.53. The first-order valence-corrected chi connectivity index (χ1v) is 6.47. The number of anilines is 2. The topological polar surface area (TPSA) is 73.6 Å². The molecule has 3 N–H and O–H groups in total. The molecule has 5 nitrogen and oxygen atoms in total. The molecule has 0 aliphatic carbocycles. The second-order valence-electron chi connectivity index (χ2n) is 4.51. The molecular weight excluding hydrogens is 268 g/mol. The average Bonchev–Trinajstić information content (AvgIpc) is 2.48. The van der Waals surface area contributed by atoms with Gasteiger partial charge in [0.15, 0.2) is 0 Å². The van der Waals surface area contributed by atoms with Gasteiger partial charge in [0.2, 0.25) is 0 Å². The number of amides is 1. The molecule has 0 unspecified atom stereocenters. The summed E-state index contributed by atoms with van der Waals surface area (Å²) in [6.45, 7) is 0.491. The number of methoxy groups -OCH3 is 2. The Bertz CT molecular complexity index is 641. The fourth-order valence-electron chi connectivity index (χ4n) is 2.02. The molecule has 0 saturated carbocycles. The van der Waals surface area contributed by atoms with Crippen LogP contribution in [0.4, 0.5) is 11.4 Å². The van der Waals surface area contributed by atoms with Crippen molar-refractivity contribution in [1.29, 1.82) is 0 Å². The molecule has 0 spiro atoms. The van der Waals surface area contributed by atoms with Crippen molar-refractivity contribution in [1.82, 2.24) is 0 Å². The van der Waals surface area contributed by atoms with Crippen LogP contribution < -0.4 is 15.8 Å². The van der Waals surface area contributed by atoms with Crippen molar-refractivity contribution in [2.24, 2.45) is 0 Å². The number of hydrogen-bond acceptors (Lipinski definition) is 4. The Morgan fingerprint density at radius 2 is 1.95 bits per heavy atom. The predicted molar refractivity (Wildman–Crippen MR) is 82.5 cm³/mol. The summed E-state index contributed by atoms with van der Waals surface area (Å²) in [5.41, 5.74) is 8.30. The van der Waals surface area contributed by atoms with Crippen LogP contribution in [-0.4, -0.2) is 20.1 Å². The Labute approximate surface area is 123 Å². The Balaban J connectivity index is 2.20. The number of nitrogens with one attached hydrogen (secondary N) is 1. The number of carbonyl (C=O) groups excluding carboxylic acids is 1. The van der Waals surface area contributed by atoms with Gasteiger partial charge in [-0.05, 0) is 29.8 Å². The van der Waals surface area contributed by atoms with Crippen molar-refractivity contribution < 1.29 is 14.3 Å². The molecule has 2 aromatic rings. The minimum Gasteiger partial charge on any atom is -0.495 e. The lowest BCUT2D eigenvalue weighted by atomic mass is 10.1. The maximum atomic E-state index is 12.3. The summed E-state index contributed by atoms with van der Waals surface area (Å²) in [5, 5.41) is 2.82. The van der Waals surface area contributed by atoms with Crippen molar-refractivity contribution in [3.8, 4) is 5.75 Å². The van der Waals surface area contributed by atoms with Gasteiger partial charge in [-0.15, -0.1) is 0 Å². The van der Waals surface area contributed by atoms with Crippen molar-refractivity contribution in [3.63, 3.8) is 0 Å². The summed E-state index contributed by atoms with van der Waals surface area (Å²) in [7, 11) is 3.14. The van der Waals surface area contributed by atoms with Crippen molar-refractivity contribution in [3.05, 3.63) is 53.6 Å². The molecular formula is C16H18N2O3. The molecule has 0 bridgehead atoms. The molecule has 2 rings (SSSR count). The van der Waals surface area contributed by atoms with E-state index in [1.54, 1.807) is 25.3 Å². The van der Waals surface area contributed by atoms with E-state index >= 15 is 0 Å². The van der Waals surface area contributed by atoms with E-state index in [1.807, 2.05) is 24.3 Å². The first-order valence-electron chi connectivity index (χ1n) is 6.47. The van der Waals surface area contributed by atoms with Crippen molar-refractivity contribution >= 4 is 17.3 Å². The number of nitrogen functional groups attached to an aromatic ring is 1. The predicted octanol–water partition coefficient (Wildman–Crippen LogP) is 2.68. The standard InChI is InChI=1S/C16H18N2O3/c1-20-10-11-5-3-6-12(9-11)18-16(19)13-7-4-8-14(21-2)15(13)17/h3-9H,10,17H2,1-2H3,(H,18,19). The second-order valence-corrected chi connectivity index (χ2v) is 4.51. The number of rotatable bonds is 5. The van der Waals surface area contributed by atoms with E-state index in [0.29, 0.717) is 29.3 Å². The largest absolute Gasteiger partial charge is 0.495 e. The van der Waals surface area contributed by atoms with Crippen LogP contribution in [0.2, 0.25) is 0 Å². The summed E-state index contributed by atoms with van der Waals surface area (Å²) in [6.07, 6.45) is 0. The molecule has 21 heavy (non-hydrogen) atoms. The second kappa shape index (κ2) is 6.76. The van der Waals surface area contributed by atoms with Gasteiger partial charge in [-0.2, -0.15) is 0 Å². The van der Waals surface area contributed by atoms with E-state index in [-0.39, 0.29) is 5.91 Å². The summed E-state index contributed by atoms with van der Waals surface area (Å²) >= 11 is 0. The molecule has 2 aromatic carbocycles. The summed E-state index contributed by atoms with van der Waals surface area (Å²) in [4.78, 5) is 12.3. The van der Waals surface area contributed by atoms with Crippen LogP contribution in [-0.2, 0) is 11.3 Å². The zero-order valence-electron chi connectivity index (χ0n) is 12.1. The van der Waals surface area contributed by atoms with Gasteiger partial charge in [0, 0.05) is 12.8 Å². The Morgan fingerprint density at radius 3 is 2.67 bits per heavy atom. The first kappa shape index (κ1) is 14.9. The normalized spacial score (nSPS) is 10.2. The minimum absolute atomic E-state index is 0.277. The van der Waals surface area contributed by atoms with Crippen LogP contribution in [0.15, 0.2) is 42.5 Å². The Morgan fingerprint density at radius 1 is 1.19 bits per heavy atom. The third-order valence-electron chi connectivity index (χ3n) is 3.03. The van der Waals surface area contributed by atoms with E-state index in [0.717, 1.165) is 5.56 Å². The molecule has 0 aliphatic heterocycles. The SMILES string of the molecule is COCc1cccc(NC(=O)c2cccc(OC)c2N)c1. The fraction of sp³-hybridized carbons (Fsp3) is 0.188. The highest BCUT2D eigenvalue weighted by molar-refractivity contribution is 6.08. The molecule has 110 valence electrons. The maximum Gasteiger partial charge on any atom is 0.257 e. The van der Waals surface area contributed by atoms with Gasteiger partial charge in [0.05, 0.1) is 25.0 Å². The third kappa shape index (κ3) is 3.52. The lowest BCUT2D eigenvalue weighted by Gasteiger charge is -2.11. The molecule has 0 fully saturated rings. The van der Waals surface area contributed by atoms with Crippen LogP contribution in [0.3, 0.4) is 0 Å². The lowest BCUT2D eigenvalue weighted by Crippen LogP contribution is -2.14. The number of nitrogens with two attached hydrogens (primary N) is 1. The summed E-state index contributed by atoms with van der Waals surface area (Å²) in [6, 6.07) is 12.6. The van der Waals surface area contributed by atoms with Crippen LogP contribution in [0, 0.1) is 0 Å². The number of benzene rings is 2. The smallest absolute Gasteiger partial charge is 0.257 e. The quantitative estimate of drug-likeness (QED) is 0.829. The number of carbonyl (C=O) groups is 1. The molecule has 0 saturated heterocycles. The van der Waals surface area contributed by atoms with Crippen molar-refractivity contribution in [2.75, 3.05) is 25.3 Å². The summed E-state index contributed by atoms with van der Waals surface area (Å²) < 4.78 is 10.2. The Kier molecular flexibility index (Phi) is 4.79. The van der Waals surface area contributed by atoms with E-state index < -0.39 is 0 Å². The monoisotopic (exact) mass is 286 g/mol. The molecule has 0 atom stereocenters. The highest BCUT2D eigenvalue weighted by Gasteiger charge is 2.13. The van der Waals surface area contributed by atoms with Gasteiger partial charge >= 0.3 is 0 Å². The molecule has 0 aromatic heterocycles.